The van der Waals surface area contributed by atoms with Crippen molar-refractivity contribution in [2.24, 2.45) is 0 Å². The summed E-state index contributed by atoms with van der Waals surface area (Å²) >= 11 is 0. The average molecular weight is 336 g/mol. The van der Waals surface area contributed by atoms with Gasteiger partial charge in [-0.15, -0.1) is 0 Å². The highest BCUT2D eigenvalue weighted by molar-refractivity contribution is 5.94. The van der Waals surface area contributed by atoms with Crippen molar-refractivity contribution in [3.8, 4) is 5.75 Å². The number of nitrogens with one attached hydrogen (secondary N) is 1. The maximum Gasteiger partial charge on any atom is 0.159 e. The van der Waals surface area contributed by atoms with E-state index in [2.05, 4.69) is 37.9 Å². The van der Waals surface area contributed by atoms with E-state index in [1.165, 1.54) is 6.92 Å². The van der Waals surface area contributed by atoms with Crippen LogP contribution in [0.15, 0.2) is 24.3 Å². The second-order valence-corrected chi connectivity index (χ2v) is 6.67. The van der Waals surface area contributed by atoms with Crippen molar-refractivity contribution >= 4 is 5.78 Å². The van der Waals surface area contributed by atoms with Crippen LogP contribution < -0.4 is 10.1 Å². The van der Waals surface area contributed by atoms with Crippen molar-refractivity contribution < 1.29 is 14.6 Å². The molecule has 0 unspecified atom stereocenters. The molecule has 0 heterocycles. The van der Waals surface area contributed by atoms with E-state index in [1.54, 1.807) is 24.3 Å². The summed E-state index contributed by atoms with van der Waals surface area (Å²) in [5, 5.41) is 13.3. The molecule has 0 spiro atoms. The SMILES string of the molecule is CC(=O)c1ccc(OC[C@H](O)CNCCN(C(C)C)C(C)C)cc1. The van der Waals surface area contributed by atoms with Crippen molar-refractivity contribution in [3.63, 3.8) is 0 Å². The number of benzene rings is 1. The lowest BCUT2D eigenvalue weighted by atomic mass is 10.1. The zero-order valence-corrected chi connectivity index (χ0v) is 15.6. The zero-order chi connectivity index (χ0) is 18.1. The minimum absolute atomic E-state index is 0.0302. The summed E-state index contributed by atoms with van der Waals surface area (Å²) in [6.07, 6.45) is -0.566. The van der Waals surface area contributed by atoms with Crippen molar-refractivity contribution in [2.45, 2.75) is 52.8 Å². The van der Waals surface area contributed by atoms with Crippen LogP contribution in [0.2, 0.25) is 0 Å². The third kappa shape index (κ3) is 7.43. The Morgan fingerprint density at radius 3 is 2.25 bits per heavy atom. The number of carbonyl (C=O) groups excluding carboxylic acids is 1. The fraction of sp³-hybridized carbons (Fsp3) is 0.632. The molecule has 1 aromatic rings. The summed E-state index contributed by atoms with van der Waals surface area (Å²) in [5.41, 5.74) is 0.657. The maximum atomic E-state index is 11.2. The number of nitrogens with zero attached hydrogens (tertiary/aromatic N) is 1. The van der Waals surface area contributed by atoms with Gasteiger partial charge in [0.05, 0.1) is 0 Å². The molecule has 2 N–H and O–H groups in total. The second-order valence-electron chi connectivity index (χ2n) is 6.67. The van der Waals surface area contributed by atoms with E-state index in [1.807, 2.05) is 0 Å². The number of aliphatic hydroxyl groups is 1. The predicted molar refractivity (Wildman–Crippen MR) is 97.8 cm³/mol. The van der Waals surface area contributed by atoms with Crippen LogP contribution in [0.5, 0.6) is 5.75 Å². The predicted octanol–water partition coefficient (Wildman–Crippen LogP) is 2.34. The molecule has 0 bridgehead atoms. The van der Waals surface area contributed by atoms with Crippen LogP contribution in [0, 0.1) is 0 Å². The summed E-state index contributed by atoms with van der Waals surface area (Å²) in [4.78, 5) is 13.6. The molecular formula is C19H32N2O3. The minimum atomic E-state index is -0.566. The minimum Gasteiger partial charge on any atom is -0.491 e. The average Bonchev–Trinajstić information content (AvgIpc) is 2.52. The van der Waals surface area contributed by atoms with Crippen LogP contribution in [-0.2, 0) is 0 Å². The third-order valence-corrected chi connectivity index (χ3v) is 3.96. The first-order valence-electron chi connectivity index (χ1n) is 8.69. The Balaban J connectivity index is 2.24. The number of hydrogen-bond acceptors (Lipinski definition) is 5. The van der Waals surface area contributed by atoms with E-state index in [0.717, 1.165) is 13.1 Å². The monoisotopic (exact) mass is 336 g/mol. The van der Waals surface area contributed by atoms with Crippen molar-refractivity contribution in [1.29, 1.82) is 0 Å². The lowest BCUT2D eigenvalue weighted by Gasteiger charge is -2.30. The molecule has 0 saturated carbocycles. The van der Waals surface area contributed by atoms with E-state index >= 15 is 0 Å². The summed E-state index contributed by atoms with van der Waals surface area (Å²) in [6, 6.07) is 7.99. The number of carbonyl (C=O) groups is 1. The molecule has 1 rings (SSSR count). The zero-order valence-electron chi connectivity index (χ0n) is 15.6. The van der Waals surface area contributed by atoms with Crippen molar-refractivity contribution in [3.05, 3.63) is 29.8 Å². The van der Waals surface area contributed by atoms with Gasteiger partial charge in [0.15, 0.2) is 5.78 Å². The first-order chi connectivity index (χ1) is 11.3. The summed E-state index contributed by atoms with van der Waals surface area (Å²) in [6.45, 7) is 12.8. The highest BCUT2D eigenvalue weighted by Gasteiger charge is 2.12. The van der Waals surface area contributed by atoms with Gasteiger partial charge in [0.1, 0.15) is 18.5 Å². The molecule has 24 heavy (non-hydrogen) atoms. The van der Waals surface area contributed by atoms with Crippen LogP contribution in [0.4, 0.5) is 0 Å². The van der Waals surface area contributed by atoms with E-state index < -0.39 is 6.10 Å². The van der Waals surface area contributed by atoms with E-state index in [0.29, 0.717) is 29.9 Å². The van der Waals surface area contributed by atoms with Gasteiger partial charge in [-0.1, -0.05) is 0 Å². The lowest BCUT2D eigenvalue weighted by Crippen LogP contribution is -2.43. The van der Waals surface area contributed by atoms with Gasteiger partial charge in [-0.25, -0.2) is 0 Å². The molecule has 0 amide bonds. The van der Waals surface area contributed by atoms with Crippen LogP contribution in [-0.4, -0.2) is 60.2 Å². The van der Waals surface area contributed by atoms with Crippen LogP contribution in [0.3, 0.4) is 0 Å². The van der Waals surface area contributed by atoms with Crippen LogP contribution >= 0.6 is 0 Å². The Kier molecular flexibility index (Phi) is 8.97. The fourth-order valence-corrected chi connectivity index (χ4v) is 2.63. The fourth-order valence-electron chi connectivity index (χ4n) is 2.63. The molecule has 136 valence electrons. The van der Waals surface area contributed by atoms with Crippen molar-refractivity contribution in [2.75, 3.05) is 26.2 Å². The third-order valence-electron chi connectivity index (χ3n) is 3.96. The molecule has 0 aliphatic rings. The summed E-state index contributed by atoms with van der Waals surface area (Å²) < 4.78 is 5.55. The van der Waals surface area contributed by atoms with E-state index in [9.17, 15) is 9.90 Å². The normalized spacial score (nSPS) is 12.9. The molecule has 5 nitrogen and oxygen atoms in total. The highest BCUT2D eigenvalue weighted by atomic mass is 16.5. The topological polar surface area (TPSA) is 61.8 Å². The Morgan fingerprint density at radius 2 is 1.75 bits per heavy atom. The Morgan fingerprint density at radius 1 is 1.17 bits per heavy atom. The highest BCUT2D eigenvalue weighted by Crippen LogP contribution is 2.12. The maximum absolute atomic E-state index is 11.2. The van der Waals surface area contributed by atoms with Gasteiger partial charge in [-0.2, -0.15) is 0 Å². The van der Waals surface area contributed by atoms with Gasteiger partial charge >= 0.3 is 0 Å². The quantitative estimate of drug-likeness (QED) is 0.480. The molecule has 1 aromatic carbocycles. The lowest BCUT2D eigenvalue weighted by molar-refractivity contribution is 0.101. The molecular weight excluding hydrogens is 304 g/mol. The Hall–Kier alpha value is -1.43. The molecule has 0 aliphatic heterocycles. The van der Waals surface area contributed by atoms with Gasteiger partial charge in [0.25, 0.3) is 0 Å². The second kappa shape index (κ2) is 10.4. The molecule has 5 heteroatoms. The molecule has 1 atom stereocenters. The Bertz CT molecular complexity index is 478. The number of aliphatic hydroxyl groups excluding tert-OH is 1. The van der Waals surface area contributed by atoms with Crippen LogP contribution in [0.25, 0.3) is 0 Å². The van der Waals surface area contributed by atoms with Gasteiger partial charge in [0.2, 0.25) is 0 Å². The standard InChI is InChI=1S/C19H32N2O3/c1-14(2)21(15(3)4)11-10-20-12-18(23)13-24-19-8-6-17(7-9-19)16(5)22/h6-9,14-15,18,20,23H,10-13H2,1-5H3/t18-/m1/s1. The Labute approximate surface area is 146 Å². The smallest absolute Gasteiger partial charge is 0.159 e. The molecule has 0 aromatic heterocycles. The molecule has 0 radical (unpaired) electrons. The number of ketones is 1. The number of rotatable bonds is 11. The first kappa shape index (κ1) is 20.6. The first-order valence-corrected chi connectivity index (χ1v) is 8.69. The van der Waals surface area contributed by atoms with Crippen molar-refractivity contribution in [1.82, 2.24) is 10.2 Å². The largest absolute Gasteiger partial charge is 0.491 e. The number of ether oxygens (including phenoxy) is 1. The summed E-state index contributed by atoms with van der Waals surface area (Å²) in [7, 11) is 0. The van der Waals surface area contributed by atoms with E-state index in [-0.39, 0.29) is 12.4 Å². The van der Waals surface area contributed by atoms with E-state index in [4.69, 9.17) is 4.74 Å². The van der Waals surface area contributed by atoms with Crippen LogP contribution in [0.1, 0.15) is 45.0 Å². The molecule has 0 aliphatic carbocycles. The van der Waals surface area contributed by atoms with Gasteiger partial charge in [0, 0.05) is 37.3 Å². The van der Waals surface area contributed by atoms with Gasteiger partial charge in [-0.3, -0.25) is 9.69 Å². The van der Waals surface area contributed by atoms with Gasteiger partial charge < -0.3 is 15.2 Å². The molecule has 0 fully saturated rings. The number of Topliss-reactive ketones (excluding diaryl/α,β-unsaturated/α-hetero) is 1. The number of hydrogen-bond donors (Lipinski definition) is 2. The summed E-state index contributed by atoms with van der Waals surface area (Å²) in [5.74, 6) is 0.687. The van der Waals surface area contributed by atoms with Gasteiger partial charge in [-0.05, 0) is 58.9 Å². The molecule has 0 saturated heterocycles.